The number of nitrogens with zero attached hydrogens (tertiary/aromatic N) is 4. The van der Waals surface area contributed by atoms with Gasteiger partial charge >= 0.3 is 0 Å². The Bertz CT molecular complexity index is 3630. The highest BCUT2D eigenvalue weighted by Crippen LogP contribution is 2.40. The zero-order valence-electron chi connectivity index (χ0n) is 35.4. The van der Waals surface area contributed by atoms with E-state index in [1.807, 2.05) is 30.3 Å². The van der Waals surface area contributed by atoms with Crippen LogP contribution >= 0.6 is 0 Å². The van der Waals surface area contributed by atoms with Crippen LogP contribution in [0.25, 0.3) is 117 Å². The first-order valence-corrected chi connectivity index (χ1v) is 22.0. The second-order valence-electron chi connectivity index (χ2n) is 16.3. The number of rotatable bonds is 8. The maximum absolute atomic E-state index is 5.23. The molecule has 0 aliphatic carbocycles. The normalized spacial score (nSPS) is 11.4. The Morgan fingerprint density at radius 2 is 0.600 bits per heavy atom. The van der Waals surface area contributed by atoms with Gasteiger partial charge < -0.3 is 4.57 Å². The first kappa shape index (κ1) is 38.0. The maximum Gasteiger partial charge on any atom is 0.164 e. The zero-order chi connectivity index (χ0) is 43.1. The third-order valence-electron chi connectivity index (χ3n) is 12.5. The van der Waals surface area contributed by atoms with Gasteiger partial charge in [-0.3, -0.25) is 0 Å². The van der Waals surface area contributed by atoms with E-state index in [0.717, 1.165) is 49.7 Å². The number of aromatic nitrogens is 4. The maximum atomic E-state index is 5.23. The number of benzene rings is 10. The molecule has 0 fully saturated rings. The number of fused-ring (bicyclic) bond motifs is 4. The summed E-state index contributed by atoms with van der Waals surface area (Å²) in [5.74, 6) is 1.91. The minimum absolute atomic E-state index is 0.635. The van der Waals surface area contributed by atoms with Crippen molar-refractivity contribution in [2.75, 3.05) is 0 Å². The number of para-hydroxylation sites is 3. The second kappa shape index (κ2) is 16.2. The largest absolute Gasteiger partial charge is 0.309 e. The van der Waals surface area contributed by atoms with E-state index >= 15 is 0 Å². The lowest BCUT2D eigenvalue weighted by Gasteiger charge is -2.15. The monoisotopic (exact) mass is 828 g/mol. The van der Waals surface area contributed by atoms with Gasteiger partial charge in [0, 0.05) is 33.0 Å². The summed E-state index contributed by atoms with van der Waals surface area (Å²) in [7, 11) is 0. The molecular formula is C61H40N4. The first-order chi connectivity index (χ1) is 32.2. The Labute approximate surface area is 377 Å². The summed E-state index contributed by atoms with van der Waals surface area (Å²) in [6.45, 7) is 0. The lowest BCUT2D eigenvalue weighted by molar-refractivity contribution is 1.08. The van der Waals surface area contributed by atoms with Crippen molar-refractivity contribution in [2.45, 2.75) is 0 Å². The molecule has 0 saturated carbocycles. The van der Waals surface area contributed by atoms with Crippen molar-refractivity contribution in [1.29, 1.82) is 0 Å². The number of hydrogen-bond acceptors (Lipinski definition) is 3. The minimum Gasteiger partial charge on any atom is -0.309 e. The van der Waals surface area contributed by atoms with E-state index in [4.69, 9.17) is 15.0 Å². The predicted molar refractivity (Wildman–Crippen MR) is 270 cm³/mol. The van der Waals surface area contributed by atoms with Crippen LogP contribution in [0.3, 0.4) is 0 Å². The zero-order valence-corrected chi connectivity index (χ0v) is 35.4. The third kappa shape index (κ3) is 6.85. The summed E-state index contributed by atoms with van der Waals surface area (Å²) >= 11 is 0. The fourth-order valence-electron chi connectivity index (χ4n) is 9.41. The van der Waals surface area contributed by atoms with Gasteiger partial charge in [0.05, 0.1) is 16.7 Å². The molecule has 12 aromatic rings. The van der Waals surface area contributed by atoms with Crippen molar-refractivity contribution < 1.29 is 0 Å². The van der Waals surface area contributed by atoms with Crippen molar-refractivity contribution in [3.8, 4) is 84.4 Å². The van der Waals surface area contributed by atoms with Gasteiger partial charge in [0.25, 0.3) is 0 Å². The van der Waals surface area contributed by atoms with Crippen molar-refractivity contribution in [2.24, 2.45) is 0 Å². The van der Waals surface area contributed by atoms with Crippen LogP contribution in [0.15, 0.2) is 243 Å². The van der Waals surface area contributed by atoms with Crippen LogP contribution in [0.5, 0.6) is 0 Å². The van der Waals surface area contributed by atoms with E-state index in [1.165, 1.54) is 49.7 Å². The lowest BCUT2D eigenvalue weighted by Crippen LogP contribution is -2.01. The molecule has 2 heterocycles. The second-order valence-corrected chi connectivity index (χ2v) is 16.3. The molecule has 0 aliphatic heterocycles. The fraction of sp³-hybridized carbons (Fsp3) is 0. The highest BCUT2D eigenvalue weighted by atomic mass is 15.0. The van der Waals surface area contributed by atoms with E-state index < -0.39 is 0 Å². The molecule has 0 unspecified atom stereocenters. The molecule has 2 aromatic heterocycles. The van der Waals surface area contributed by atoms with Gasteiger partial charge in [-0.05, 0) is 74.0 Å². The molecule has 12 rings (SSSR count). The standard InChI is InChI=1S/C61H40N4/c1-3-17-43(18-4-1)47-21-7-10-27-54(47)60-62-59(46-19-5-2-6-20-46)63-61(64-60)55-40-39-48(50-23-8-9-24-51(50)55)44-35-31-41(32-36-44)42-33-37-45(38-34-42)49-22-11-14-28-56(49)65-57-29-15-12-25-52(57)53-26-13-16-30-58(53)65/h1-40H. The van der Waals surface area contributed by atoms with Crippen molar-refractivity contribution >= 4 is 32.6 Å². The Balaban J connectivity index is 0.890. The predicted octanol–water partition coefficient (Wildman–Crippen LogP) is 15.8. The van der Waals surface area contributed by atoms with Gasteiger partial charge in [-0.15, -0.1) is 0 Å². The summed E-state index contributed by atoms with van der Waals surface area (Å²) < 4.78 is 2.40. The molecule has 0 aliphatic rings. The van der Waals surface area contributed by atoms with E-state index in [0.29, 0.717) is 17.5 Å². The van der Waals surface area contributed by atoms with Gasteiger partial charge in [0.2, 0.25) is 0 Å². The Morgan fingerprint density at radius 3 is 1.22 bits per heavy atom. The molecule has 65 heavy (non-hydrogen) atoms. The molecule has 4 heteroatoms. The average Bonchev–Trinajstić information content (AvgIpc) is 3.73. The van der Waals surface area contributed by atoms with Crippen molar-refractivity contribution in [3.05, 3.63) is 243 Å². The highest BCUT2D eigenvalue weighted by Gasteiger charge is 2.19. The Hall–Kier alpha value is -8.73. The van der Waals surface area contributed by atoms with Crippen molar-refractivity contribution in [1.82, 2.24) is 19.5 Å². The number of hydrogen-bond donors (Lipinski definition) is 0. The third-order valence-corrected chi connectivity index (χ3v) is 12.5. The lowest BCUT2D eigenvalue weighted by atomic mass is 9.93. The van der Waals surface area contributed by atoms with Crippen LogP contribution < -0.4 is 0 Å². The van der Waals surface area contributed by atoms with Crippen LogP contribution in [0.1, 0.15) is 0 Å². The molecule has 4 nitrogen and oxygen atoms in total. The highest BCUT2D eigenvalue weighted by molar-refractivity contribution is 6.10. The van der Waals surface area contributed by atoms with Gasteiger partial charge in [0.1, 0.15) is 0 Å². The summed E-state index contributed by atoms with van der Waals surface area (Å²) in [5, 5.41) is 4.74. The minimum atomic E-state index is 0.635. The molecule has 0 N–H and O–H groups in total. The van der Waals surface area contributed by atoms with Gasteiger partial charge in [-0.25, -0.2) is 15.0 Å². The molecule has 0 atom stereocenters. The van der Waals surface area contributed by atoms with Gasteiger partial charge in [-0.2, -0.15) is 0 Å². The fourth-order valence-corrected chi connectivity index (χ4v) is 9.41. The quantitative estimate of drug-likeness (QED) is 0.153. The molecule has 0 bridgehead atoms. The average molecular weight is 829 g/mol. The van der Waals surface area contributed by atoms with E-state index in [1.54, 1.807) is 0 Å². The molecule has 0 saturated heterocycles. The van der Waals surface area contributed by atoms with E-state index in [2.05, 4.69) is 217 Å². The summed E-state index contributed by atoms with van der Waals surface area (Å²) in [6, 6.07) is 85.9. The molecule has 0 amide bonds. The smallest absolute Gasteiger partial charge is 0.164 e. The Kier molecular flexibility index (Phi) is 9.46. The van der Waals surface area contributed by atoms with E-state index in [9.17, 15) is 0 Å². The topological polar surface area (TPSA) is 43.6 Å². The SMILES string of the molecule is c1ccc(-c2nc(-c3ccccc3-c3ccccc3)nc(-c3ccc(-c4ccc(-c5ccc(-c6ccccc6-n6c7ccccc7c7ccccc76)cc5)cc4)c4ccccc34)n2)cc1. The molecule has 0 spiro atoms. The summed E-state index contributed by atoms with van der Waals surface area (Å²) in [4.78, 5) is 15.5. The summed E-state index contributed by atoms with van der Waals surface area (Å²) in [5.41, 5.74) is 15.6. The molecule has 304 valence electrons. The molecule has 0 radical (unpaired) electrons. The molecular weight excluding hydrogens is 789 g/mol. The van der Waals surface area contributed by atoms with Gasteiger partial charge in [0.15, 0.2) is 17.5 Å². The van der Waals surface area contributed by atoms with Crippen molar-refractivity contribution in [3.63, 3.8) is 0 Å². The van der Waals surface area contributed by atoms with Gasteiger partial charge in [-0.1, -0.05) is 218 Å². The van der Waals surface area contributed by atoms with Crippen LogP contribution in [0.2, 0.25) is 0 Å². The van der Waals surface area contributed by atoms with Crippen LogP contribution in [0, 0.1) is 0 Å². The summed E-state index contributed by atoms with van der Waals surface area (Å²) in [6.07, 6.45) is 0. The van der Waals surface area contributed by atoms with Crippen LogP contribution in [0.4, 0.5) is 0 Å². The van der Waals surface area contributed by atoms with E-state index in [-0.39, 0.29) is 0 Å². The van der Waals surface area contributed by atoms with Crippen LogP contribution in [-0.2, 0) is 0 Å². The first-order valence-electron chi connectivity index (χ1n) is 22.0. The Morgan fingerprint density at radius 1 is 0.215 bits per heavy atom. The molecule has 10 aromatic carbocycles. The van der Waals surface area contributed by atoms with Crippen LogP contribution in [-0.4, -0.2) is 19.5 Å².